The van der Waals surface area contributed by atoms with Crippen LogP contribution < -0.4 is 5.32 Å². The summed E-state index contributed by atoms with van der Waals surface area (Å²) < 4.78 is 0. The molecule has 0 fully saturated rings. The molecule has 0 aromatic heterocycles. The number of amides is 1. The summed E-state index contributed by atoms with van der Waals surface area (Å²) in [6.45, 7) is 3.83. The van der Waals surface area contributed by atoms with Crippen molar-refractivity contribution >= 4 is 23.5 Å². The van der Waals surface area contributed by atoms with E-state index in [0.717, 1.165) is 16.1 Å². The summed E-state index contributed by atoms with van der Waals surface area (Å²) in [6, 6.07) is 5.81. The summed E-state index contributed by atoms with van der Waals surface area (Å²) in [7, 11) is 0. The molecule has 1 rings (SSSR count). The molecule has 0 aliphatic carbocycles. The molecule has 0 radical (unpaired) electrons. The van der Waals surface area contributed by atoms with Crippen molar-refractivity contribution in [3.8, 4) is 0 Å². The highest BCUT2D eigenvalue weighted by molar-refractivity contribution is 6.31. The van der Waals surface area contributed by atoms with E-state index in [4.69, 9.17) is 16.7 Å². The van der Waals surface area contributed by atoms with Crippen molar-refractivity contribution in [2.45, 2.75) is 52.0 Å². The number of carboxylic acids is 1. The van der Waals surface area contributed by atoms with Crippen LogP contribution in [-0.4, -0.2) is 23.0 Å². The van der Waals surface area contributed by atoms with Gasteiger partial charge in [0.2, 0.25) is 5.91 Å². The summed E-state index contributed by atoms with van der Waals surface area (Å²) in [5, 5.41) is 12.2. The molecular weight excluding hydrogens is 290 g/mol. The average molecular weight is 312 g/mol. The molecule has 1 aromatic carbocycles. The van der Waals surface area contributed by atoms with E-state index in [-0.39, 0.29) is 18.4 Å². The molecule has 0 aliphatic heterocycles. The van der Waals surface area contributed by atoms with Gasteiger partial charge in [-0.2, -0.15) is 0 Å². The first-order valence-electron chi connectivity index (χ1n) is 7.14. The number of aryl methyl sites for hydroxylation is 2. The van der Waals surface area contributed by atoms with Gasteiger partial charge in [0.1, 0.15) is 0 Å². The molecular formula is C16H22ClNO3. The largest absolute Gasteiger partial charge is 0.481 e. The van der Waals surface area contributed by atoms with Crippen LogP contribution in [0.1, 0.15) is 43.7 Å². The first kappa shape index (κ1) is 17.5. The Kier molecular flexibility index (Phi) is 7.23. The first-order valence-corrected chi connectivity index (χ1v) is 7.52. The normalized spacial score (nSPS) is 12.0. The van der Waals surface area contributed by atoms with Crippen LogP contribution >= 0.6 is 11.6 Å². The molecule has 0 heterocycles. The molecule has 1 aromatic rings. The second-order valence-electron chi connectivity index (χ2n) is 5.34. The van der Waals surface area contributed by atoms with E-state index >= 15 is 0 Å². The van der Waals surface area contributed by atoms with E-state index in [1.165, 1.54) is 0 Å². The van der Waals surface area contributed by atoms with Gasteiger partial charge in [-0.05, 0) is 50.3 Å². The maximum absolute atomic E-state index is 11.8. The SMILES string of the molecule is Cc1ccc(CCC(=O)NC(C)CCCC(=O)O)cc1Cl. The van der Waals surface area contributed by atoms with E-state index in [0.29, 0.717) is 25.7 Å². The first-order chi connectivity index (χ1) is 9.88. The number of carboxylic acid groups (broad SMARTS) is 1. The number of carbonyl (C=O) groups excluding carboxylic acids is 1. The summed E-state index contributed by atoms with van der Waals surface area (Å²) in [6.07, 6.45) is 2.44. The summed E-state index contributed by atoms with van der Waals surface area (Å²) in [5.41, 5.74) is 2.07. The molecule has 0 aliphatic rings. The molecule has 4 nitrogen and oxygen atoms in total. The number of halogens is 1. The highest BCUT2D eigenvalue weighted by Crippen LogP contribution is 2.17. The van der Waals surface area contributed by atoms with E-state index < -0.39 is 5.97 Å². The predicted octanol–water partition coefficient (Wildman–Crippen LogP) is 3.34. The van der Waals surface area contributed by atoms with Gasteiger partial charge in [-0.1, -0.05) is 23.7 Å². The van der Waals surface area contributed by atoms with Gasteiger partial charge in [-0.3, -0.25) is 9.59 Å². The molecule has 1 amide bonds. The van der Waals surface area contributed by atoms with Crippen molar-refractivity contribution in [3.63, 3.8) is 0 Å². The van der Waals surface area contributed by atoms with E-state index in [1.54, 1.807) is 0 Å². The van der Waals surface area contributed by atoms with Crippen LogP contribution in [0.15, 0.2) is 18.2 Å². The van der Waals surface area contributed by atoms with Crippen molar-refractivity contribution in [1.82, 2.24) is 5.32 Å². The number of carbonyl (C=O) groups is 2. The smallest absolute Gasteiger partial charge is 0.303 e. The summed E-state index contributed by atoms with van der Waals surface area (Å²) >= 11 is 6.05. The van der Waals surface area contributed by atoms with Crippen LogP contribution in [0.4, 0.5) is 0 Å². The third-order valence-corrected chi connectivity index (χ3v) is 3.72. The lowest BCUT2D eigenvalue weighted by molar-refractivity contribution is -0.137. The highest BCUT2D eigenvalue weighted by atomic mass is 35.5. The lowest BCUT2D eigenvalue weighted by Crippen LogP contribution is -2.32. The minimum Gasteiger partial charge on any atom is -0.481 e. The maximum Gasteiger partial charge on any atom is 0.303 e. The zero-order chi connectivity index (χ0) is 15.8. The Labute approximate surface area is 130 Å². The lowest BCUT2D eigenvalue weighted by Gasteiger charge is -2.13. The Balaban J connectivity index is 2.30. The summed E-state index contributed by atoms with van der Waals surface area (Å²) in [5.74, 6) is -0.820. The Morgan fingerprint density at radius 2 is 2.05 bits per heavy atom. The molecule has 1 atom stereocenters. The number of rotatable bonds is 8. The van der Waals surface area contributed by atoms with Gasteiger partial charge >= 0.3 is 5.97 Å². The van der Waals surface area contributed by atoms with Gasteiger partial charge in [0.25, 0.3) is 0 Å². The summed E-state index contributed by atoms with van der Waals surface area (Å²) in [4.78, 5) is 22.2. The zero-order valence-electron chi connectivity index (χ0n) is 12.5. The van der Waals surface area contributed by atoms with Gasteiger partial charge in [0.05, 0.1) is 0 Å². The third-order valence-electron chi connectivity index (χ3n) is 3.31. The number of aliphatic carboxylic acids is 1. The standard InChI is InChI=1S/C16H22ClNO3/c1-11-6-7-13(10-14(11)17)8-9-15(19)18-12(2)4-3-5-16(20)21/h6-7,10,12H,3-5,8-9H2,1-2H3,(H,18,19)(H,20,21). The number of hydrogen-bond donors (Lipinski definition) is 2. The van der Waals surface area contributed by atoms with E-state index in [1.807, 2.05) is 32.0 Å². The van der Waals surface area contributed by atoms with E-state index in [2.05, 4.69) is 5.32 Å². The Hall–Kier alpha value is -1.55. The van der Waals surface area contributed by atoms with Crippen LogP contribution in [-0.2, 0) is 16.0 Å². The van der Waals surface area contributed by atoms with E-state index in [9.17, 15) is 9.59 Å². The number of hydrogen-bond acceptors (Lipinski definition) is 2. The second-order valence-corrected chi connectivity index (χ2v) is 5.75. The van der Waals surface area contributed by atoms with Crippen molar-refractivity contribution in [2.75, 3.05) is 0 Å². The monoisotopic (exact) mass is 311 g/mol. The minimum absolute atomic E-state index is 0.00143. The number of nitrogens with one attached hydrogen (secondary N) is 1. The van der Waals surface area contributed by atoms with Crippen LogP contribution in [0.25, 0.3) is 0 Å². The van der Waals surface area contributed by atoms with Gasteiger partial charge in [0.15, 0.2) is 0 Å². The Morgan fingerprint density at radius 3 is 2.67 bits per heavy atom. The molecule has 0 spiro atoms. The Morgan fingerprint density at radius 1 is 1.33 bits per heavy atom. The number of benzene rings is 1. The molecule has 2 N–H and O–H groups in total. The predicted molar refractivity (Wildman–Crippen MR) is 83.6 cm³/mol. The molecule has 1 unspecified atom stereocenters. The van der Waals surface area contributed by atoms with Crippen molar-refractivity contribution < 1.29 is 14.7 Å². The van der Waals surface area contributed by atoms with Crippen molar-refractivity contribution in [3.05, 3.63) is 34.3 Å². The van der Waals surface area contributed by atoms with Crippen LogP contribution in [0.2, 0.25) is 5.02 Å². The van der Waals surface area contributed by atoms with Crippen LogP contribution in [0.3, 0.4) is 0 Å². The minimum atomic E-state index is -0.801. The fourth-order valence-corrected chi connectivity index (χ4v) is 2.23. The third kappa shape index (κ3) is 7.14. The van der Waals surface area contributed by atoms with Gasteiger partial charge in [-0.25, -0.2) is 0 Å². The van der Waals surface area contributed by atoms with Gasteiger partial charge in [0, 0.05) is 23.9 Å². The molecule has 5 heteroatoms. The molecule has 0 saturated carbocycles. The van der Waals surface area contributed by atoms with Gasteiger partial charge < -0.3 is 10.4 Å². The van der Waals surface area contributed by atoms with Gasteiger partial charge in [-0.15, -0.1) is 0 Å². The fourth-order valence-electron chi connectivity index (χ4n) is 2.03. The topological polar surface area (TPSA) is 66.4 Å². The molecule has 116 valence electrons. The fraction of sp³-hybridized carbons (Fsp3) is 0.500. The lowest BCUT2D eigenvalue weighted by atomic mass is 10.1. The second kappa shape index (κ2) is 8.67. The average Bonchev–Trinajstić information content (AvgIpc) is 2.39. The zero-order valence-corrected chi connectivity index (χ0v) is 13.2. The Bertz CT molecular complexity index is 502. The van der Waals surface area contributed by atoms with Crippen LogP contribution in [0, 0.1) is 6.92 Å². The van der Waals surface area contributed by atoms with Crippen molar-refractivity contribution in [1.29, 1.82) is 0 Å². The molecule has 0 saturated heterocycles. The van der Waals surface area contributed by atoms with Crippen molar-refractivity contribution in [2.24, 2.45) is 0 Å². The van der Waals surface area contributed by atoms with Crippen LogP contribution in [0.5, 0.6) is 0 Å². The highest BCUT2D eigenvalue weighted by Gasteiger charge is 2.09. The molecule has 21 heavy (non-hydrogen) atoms. The quantitative estimate of drug-likeness (QED) is 0.773. The molecule has 0 bridgehead atoms. The maximum atomic E-state index is 11.8.